The first-order chi connectivity index (χ1) is 16.1. The number of nitrogens with zero attached hydrogens (tertiary/aromatic N) is 2. The van der Waals surface area contributed by atoms with E-state index >= 15 is 0 Å². The van der Waals surface area contributed by atoms with Crippen molar-refractivity contribution in [3.05, 3.63) is 68.7 Å². The molecule has 0 radical (unpaired) electrons. The molecular weight excluding hydrogens is 634 g/mol. The highest BCUT2D eigenvalue weighted by atomic mass is 79.9. The van der Waals surface area contributed by atoms with Crippen LogP contribution in [-0.4, -0.2) is 49.7 Å². The molecule has 11 heteroatoms. The first kappa shape index (κ1) is 25.6. The van der Waals surface area contributed by atoms with Crippen LogP contribution >= 0.6 is 66.7 Å². The van der Waals surface area contributed by atoms with Gasteiger partial charge in [0.05, 0.1) is 16.9 Å². The molecule has 0 unspecified atom stereocenters. The predicted octanol–water partition coefficient (Wildman–Crippen LogP) is 5.81. The van der Waals surface area contributed by atoms with Crippen LogP contribution < -0.4 is 0 Å². The van der Waals surface area contributed by atoms with Gasteiger partial charge in [0, 0.05) is 30.8 Å². The summed E-state index contributed by atoms with van der Waals surface area (Å²) in [6, 6.07) is 10.3. The molecular formula is C23H17Br2Cl3N2O4. The maximum Gasteiger partial charge on any atom is 0.273 e. The predicted molar refractivity (Wildman–Crippen MR) is 137 cm³/mol. The molecule has 1 aliphatic carbocycles. The largest absolute Gasteiger partial charge is 0.292 e. The normalized spacial score (nSPS) is 24.2. The Morgan fingerprint density at radius 1 is 0.882 bits per heavy atom. The van der Waals surface area contributed by atoms with Crippen LogP contribution in [0.2, 0.25) is 15.1 Å². The van der Waals surface area contributed by atoms with Crippen molar-refractivity contribution in [1.29, 1.82) is 0 Å². The topological polar surface area (TPSA) is 74.8 Å². The number of alkyl halides is 2. The lowest BCUT2D eigenvalue weighted by Gasteiger charge is -2.30. The molecule has 0 bridgehead atoms. The highest BCUT2D eigenvalue weighted by molar-refractivity contribution is 9.12. The Morgan fingerprint density at radius 3 is 1.94 bits per heavy atom. The molecule has 34 heavy (non-hydrogen) atoms. The number of amides is 3. The summed E-state index contributed by atoms with van der Waals surface area (Å²) in [6.45, 7) is -0.560. The maximum atomic E-state index is 13.5. The lowest BCUT2D eigenvalue weighted by Crippen LogP contribution is -2.52. The highest BCUT2D eigenvalue weighted by Crippen LogP contribution is 2.43. The molecule has 2 aromatic carbocycles. The SMILES string of the molecule is O=C(CN(C(=O)c1ccc(Cl)cc1)N1C(=O)[C@H]2C[C@@H](Br)[C@@H](Br)C[C@H]2C1=O)c1ccc(Cl)cc1Cl. The second kappa shape index (κ2) is 10.3. The van der Waals surface area contributed by atoms with E-state index in [1.54, 1.807) is 0 Å². The highest BCUT2D eigenvalue weighted by Gasteiger charge is 2.54. The summed E-state index contributed by atoms with van der Waals surface area (Å²) in [4.78, 5) is 53.4. The van der Waals surface area contributed by atoms with Crippen LogP contribution in [0.25, 0.3) is 0 Å². The van der Waals surface area contributed by atoms with Crippen molar-refractivity contribution >= 4 is 90.2 Å². The van der Waals surface area contributed by atoms with Gasteiger partial charge in [0.25, 0.3) is 17.7 Å². The molecule has 0 spiro atoms. The third-order valence-electron chi connectivity index (χ3n) is 5.98. The average Bonchev–Trinajstić information content (AvgIpc) is 3.01. The summed E-state index contributed by atoms with van der Waals surface area (Å²) < 4.78 is 0. The Balaban J connectivity index is 1.71. The molecule has 1 aliphatic heterocycles. The van der Waals surface area contributed by atoms with Crippen molar-refractivity contribution in [2.75, 3.05) is 6.54 Å². The van der Waals surface area contributed by atoms with Gasteiger partial charge in [-0.15, -0.1) is 0 Å². The van der Waals surface area contributed by atoms with Gasteiger partial charge in [0.1, 0.15) is 6.54 Å². The van der Waals surface area contributed by atoms with E-state index < -0.39 is 41.9 Å². The van der Waals surface area contributed by atoms with E-state index in [-0.39, 0.29) is 25.8 Å². The van der Waals surface area contributed by atoms with Gasteiger partial charge < -0.3 is 0 Å². The summed E-state index contributed by atoms with van der Waals surface area (Å²) in [6.07, 6.45) is 0.864. The van der Waals surface area contributed by atoms with E-state index in [9.17, 15) is 19.2 Å². The molecule has 1 heterocycles. The van der Waals surface area contributed by atoms with Gasteiger partial charge in [-0.05, 0) is 55.3 Å². The summed E-state index contributed by atoms with van der Waals surface area (Å²) in [5, 5.41) is 2.61. The number of carbonyl (C=O) groups excluding carboxylic acids is 4. The van der Waals surface area contributed by atoms with Crippen molar-refractivity contribution in [2.45, 2.75) is 22.5 Å². The van der Waals surface area contributed by atoms with Crippen LogP contribution in [0.5, 0.6) is 0 Å². The van der Waals surface area contributed by atoms with Gasteiger partial charge in [-0.2, -0.15) is 5.01 Å². The molecule has 2 fully saturated rings. The first-order valence-electron chi connectivity index (χ1n) is 10.3. The zero-order valence-corrected chi connectivity index (χ0v) is 22.8. The molecule has 4 rings (SSSR count). The number of rotatable bonds is 5. The van der Waals surface area contributed by atoms with E-state index in [0.29, 0.717) is 22.9 Å². The fraction of sp³-hybridized carbons (Fsp3) is 0.304. The van der Waals surface area contributed by atoms with Crippen molar-refractivity contribution in [3.8, 4) is 0 Å². The van der Waals surface area contributed by atoms with Gasteiger partial charge in [-0.25, -0.2) is 5.01 Å². The number of hydrogen-bond donors (Lipinski definition) is 0. The third kappa shape index (κ3) is 4.93. The van der Waals surface area contributed by atoms with Crippen molar-refractivity contribution < 1.29 is 19.2 Å². The minimum Gasteiger partial charge on any atom is -0.292 e. The van der Waals surface area contributed by atoms with E-state index in [1.165, 1.54) is 42.5 Å². The van der Waals surface area contributed by atoms with Gasteiger partial charge in [0.15, 0.2) is 5.78 Å². The van der Waals surface area contributed by atoms with E-state index in [4.69, 9.17) is 34.8 Å². The summed E-state index contributed by atoms with van der Waals surface area (Å²) >= 11 is 25.2. The summed E-state index contributed by atoms with van der Waals surface area (Å²) in [5.74, 6) is -3.40. The van der Waals surface area contributed by atoms with Crippen LogP contribution in [0, 0.1) is 11.8 Å². The molecule has 178 valence electrons. The molecule has 2 aliphatic rings. The van der Waals surface area contributed by atoms with E-state index in [2.05, 4.69) is 31.9 Å². The number of halogens is 5. The number of hydrogen-bond acceptors (Lipinski definition) is 4. The summed E-state index contributed by atoms with van der Waals surface area (Å²) in [7, 11) is 0. The second-order valence-electron chi connectivity index (χ2n) is 8.12. The van der Waals surface area contributed by atoms with Gasteiger partial charge in [0.2, 0.25) is 0 Å². The third-order valence-corrected chi connectivity index (χ3v) is 9.51. The van der Waals surface area contributed by atoms with Crippen molar-refractivity contribution in [1.82, 2.24) is 10.0 Å². The van der Waals surface area contributed by atoms with Gasteiger partial charge in [-0.3, -0.25) is 19.2 Å². The van der Waals surface area contributed by atoms with Crippen LogP contribution in [0.3, 0.4) is 0 Å². The Labute approximate surface area is 227 Å². The molecule has 0 aromatic heterocycles. The second-order valence-corrected chi connectivity index (χ2v) is 11.8. The van der Waals surface area contributed by atoms with Gasteiger partial charge in [-0.1, -0.05) is 66.7 Å². The lowest BCUT2D eigenvalue weighted by atomic mass is 9.81. The van der Waals surface area contributed by atoms with Crippen LogP contribution in [0.4, 0.5) is 0 Å². The Hall–Kier alpha value is -1.45. The zero-order valence-electron chi connectivity index (χ0n) is 17.4. The standard InChI is InChI=1S/C23H17Br2Cl3N2O4/c24-17-8-15-16(9-18(17)25)23(34)30(22(15)33)29(21(32)11-1-3-12(26)4-2-11)10-20(31)14-6-5-13(27)7-19(14)28/h1-7,15-18H,8-10H2/t15-,16+,17+,18-. The molecule has 1 saturated heterocycles. The summed E-state index contributed by atoms with van der Waals surface area (Å²) in [5.41, 5.74) is 0.295. The van der Waals surface area contributed by atoms with E-state index in [0.717, 1.165) is 10.0 Å². The number of carbonyl (C=O) groups is 4. The Kier molecular flexibility index (Phi) is 7.74. The number of ketones is 1. The number of hydrazine groups is 1. The van der Waals surface area contributed by atoms with Crippen LogP contribution in [0.15, 0.2) is 42.5 Å². The van der Waals surface area contributed by atoms with Crippen LogP contribution in [-0.2, 0) is 9.59 Å². The molecule has 6 nitrogen and oxygen atoms in total. The minimum atomic E-state index is -0.679. The smallest absolute Gasteiger partial charge is 0.273 e. The number of benzene rings is 2. The van der Waals surface area contributed by atoms with Crippen molar-refractivity contribution in [3.63, 3.8) is 0 Å². The maximum absolute atomic E-state index is 13.5. The molecule has 4 atom stereocenters. The number of imide groups is 1. The monoisotopic (exact) mass is 648 g/mol. The molecule has 1 saturated carbocycles. The molecule has 2 aromatic rings. The van der Waals surface area contributed by atoms with Crippen LogP contribution in [0.1, 0.15) is 33.6 Å². The first-order valence-corrected chi connectivity index (χ1v) is 13.3. The quantitative estimate of drug-likeness (QED) is 0.233. The number of fused-ring (bicyclic) bond motifs is 1. The molecule has 0 N–H and O–H groups in total. The zero-order chi connectivity index (χ0) is 24.7. The van der Waals surface area contributed by atoms with Gasteiger partial charge >= 0.3 is 0 Å². The minimum absolute atomic E-state index is 0.000345. The molecule has 3 amide bonds. The Bertz CT molecular complexity index is 1150. The van der Waals surface area contributed by atoms with E-state index in [1.807, 2.05) is 0 Å². The number of Topliss-reactive ketones (excluding diaryl/α,β-unsaturated/α-hetero) is 1. The Morgan fingerprint density at radius 2 is 1.41 bits per heavy atom. The fourth-order valence-electron chi connectivity index (χ4n) is 4.23. The average molecular weight is 652 g/mol. The lowest BCUT2D eigenvalue weighted by molar-refractivity contribution is -0.154. The van der Waals surface area contributed by atoms with Crippen molar-refractivity contribution in [2.24, 2.45) is 11.8 Å². The fourth-order valence-corrected chi connectivity index (χ4v) is 6.10.